The van der Waals surface area contributed by atoms with Gasteiger partial charge in [0.15, 0.2) is 0 Å². The fourth-order valence-corrected chi connectivity index (χ4v) is 3.01. The molecule has 0 aromatic heterocycles. The van der Waals surface area contributed by atoms with Gasteiger partial charge in [0.05, 0.1) is 11.7 Å². The Balaban J connectivity index is 1.83. The van der Waals surface area contributed by atoms with E-state index >= 15 is 0 Å². The average molecular weight is 322 g/mol. The van der Waals surface area contributed by atoms with E-state index in [4.69, 9.17) is 9.47 Å². The van der Waals surface area contributed by atoms with Crippen LogP contribution in [0.3, 0.4) is 0 Å². The predicted molar refractivity (Wildman–Crippen MR) is 94.7 cm³/mol. The fraction of sp³-hybridized carbons (Fsp3) is 0.286. The van der Waals surface area contributed by atoms with Gasteiger partial charge in [-0.05, 0) is 49.1 Å². The Morgan fingerprint density at radius 3 is 2.33 bits per heavy atom. The van der Waals surface area contributed by atoms with Crippen LogP contribution in [0, 0.1) is 0 Å². The molecule has 24 heavy (non-hydrogen) atoms. The van der Waals surface area contributed by atoms with Gasteiger partial charge >= 0.3 is 5.97 Å². The third-order valence-corrected chi connectivity index (χ3v) is 4.17. The smallest absolute Gasteiger partial charge is 0.338 e. The van der Waals surface area contributed by atoms with Gasteiger partial charge in [-0.15, -0.1) is 0 Å². The van der Waals surface area contributed by atoms with Crippen LogP contribution in [0.25, 0.3) is 5.57 Å². The number of rotatable bonds is 5. The molecule has 2 atom stereocenters. The molecule has 0 heterocycles. The topological polar surface area (TPSA) is 35.5 Å². The van der Waals surface area contributed by atoms with Crippen molar-refractivity contribution < 1.29 is 14.3 Å². The summed E-state index contributed by atoms with van der Waals surface area (Å²) in [6.07, 6.45) is 3.57. The molecule has 1 aliphatic rings. The molecule has 0 N–H and O–H groups in total. The van der Waals surface area contributed by atoms with E-state index in [1.54, 1.807) is 12.1 Å². The minimum absolute atomic E-state index is 0.0804. The van der Waals surface area contributed by atoms with Crippen molar-refractivity contribution in [2.45, 2.75) is 32.0 Å². The number of benzene rings is 2. The number of hydrogen-bond acceptors (Lipinski definition) is 3. The lowest BCUT2D eigenvalue weighted by molar-refractivity contribution is 0.0299. The highest BCUT2D eigenvalue weighted by Crippen LogP contribution is 2.31. The Labute approximate surface area is 142 Å². The summed E-state index contributed by atoms with van der Waals surface area (Å²) in [4.78, 5) is 12.4. The number of esters is 1. The quantitative estimate of drug-likeness (QED) is 0.761. The maximum atomic E-state index is 12.4. The summed E-state index contributed by atoms with van der Waals surface area (Å²) in [5, 5.41) is 0. The third-order valence-electron chi connectivity index (χ3n) is 4.17. The molecule has 1 aliphatic carbocycles. The van der Waals surface area contributed by atoms with Crippen LogP contribution < -0.4 is 0 Å². The van der Waals surface area contributed by atoms with E-state index in [9.17, 15) is 4.79 Å². The van der Waals surface area contributed by atoms with Gasteiger partial charge in [-0.25, -0.2) is 4.79 Å². The van der Waals surface area contributed by atoms with E-state index in [-0.39, 0.29) is 18.2 Å². The molecule has 0 unspecified atom stereocenters. The van der Waals surface area contributed by atoms with Crippen LogP contribution in [0.15, 0.2) is 66.7 Å². The number of ether oxygens (including phenoxy) is 2. The summed E-state index contributed by atoms with van der Waals surface area (Å²) in [6.45, 7) is 2.68. The largest absolute Gasteiger partial charge is 0.454 e. The number of hydrogen-bond donors (Lipinski definition) is 0. The molecule has 3 nitrogen and oxygen atoms in total. The second-order valence-electron chi connectivity index (χ2n) is 5.82. The van der Waals surface area contributed by atoms with Crippen LogP contribution in [-0.2, 0) is 9.47 Å². The van der Waals surface area contributed by atoms with E-state index in [1.165, 1.54) is 0 Å². The predicted octanol–water partition coefficient (Wildman–Crippen LogP) is 4.49. The molecule has 0 spiro atoms. The monoisotopic (exact) mass is 322 g/mol. The van der Waals surface area contributed by atoms with Crippen molar-refractivity contribution in [3.63, 3.8) is 0 Å². The van der Waals surface area contributed by atoms with Gasteiger partial charge in [-0.2, -0.15) is 0 Å². The molecule has 3 rings (SSSR count). The molecule has 2 aromatic rings. The maximum absolute atomic E-state index is 12.4. The first kappa shape index (κ1) is 16.5. The Bertz CT molecular complexity index is 692. The zero-order valence-corrected chi connectivity index (χ0v) is 13.9. The second-order valence-corrected chi connectivity index (χ2v) is 5.82. The Kier molecular flexibility index (Phi) is 5.44. The minimum Gasteiger partial charge on any atom is -0.454 e. The first-order valence-electron chi connectivity index (χ1n) is 8.42. The third kappa shape index (κ3) is 3.92. The summed E-state index contributed by atoms with van der Waals surface area (Å²) in [5.41, 5.74) is 2.69. The molecule has 0 saturated carbocycles. The molecule has 2 aromatic carbocycles. The fourth-order valence-electron chi connectivity index (χ4n) is 3.01. The highest BCUT2D eigenvalue weighted by atomic mass is 16.5. The Morgan fingerprint density at radius 1 is 1.00 bits per heavy atom. The maximum Gasteiger partial charge on any atom is 0.338 e. The van der Waals surface area contributed by atoms with Gasteiger partial charge in [-0.3, -0.25) is 0 Å². The van der Waals surface area contributed by atoms with Gasteiger partial charge in [0, 0.05) is 6.61 Å². The van der Waals surface area contributed by atoms with E-state index in [0.717, 1.165) is 24.0 Å². The lowest BCUT2D eigenvalue weighted by atomic mass is 9.89. The lowest BCUT2D eigenvalue weighted by Crippen LogP contribution is -2.27. The van der Waals surface area contributed by atoms with Crippen LogP contribution in [0.2, 0.25) is 0 Å². The average Bonchev–Trinajstić information content (AvgIpc) is 2.64. The van der Waals surface area contributed by atoms with Gasteiger partial charge in [-0.1, -0.05) is 48.5 Å². The number of carbonyl (C=O) groups excluding carboxylic acids is 1. The highest BCUT2D eigenvalue weighted by molar-refractivity contribution is 5.90. The van der Waals surface area contributed by atoms with Crippen LogP contribution >= 0.6 is 0 Å². The normalized spacial score (nSPS) is 20.3. The van der Waals surface area contributed by atoms with Gasteiger partial charge in [0.2, 0.25) is 0 Å². The van der Waals surface area contributed by atoms with Crippen LogP contribution in [0.1, 0.15) is 35.7 Å². The molecule has 3 heteroatoms. The van der Waals surface area contributed by atoms with Crippen molar-refractivity contribution in [3.8, 4) is 0 Å². The molecule has 0 amide bonds. The zero-order valence-electron chi connectivity index (χ0n) is 13.9. The van der Waals surface area contributed by atoms with Crippen molar-refractivity contribution in [3.05, 3.63) is 77.9 Å². The van der Waals surface area contributed by atoms with E-state index < -0.39 is 0 Å². The van der Waals surface area contributed by atoms with Crippen LogP contribution in [0.4, 0.5) is 0 Å². The van der Waals surface area contributed by atoms with Crippen molar-refractivity contribution in [1.82, 2.24) is 0 Å². The molecule has 0 saturated heterocycles. The Morgan fingerprint density at radius 2 is 1.67 bits per heavy atom. The van der Waals surface area contributed by atoms with Crippen molar-refractivity contribution in [2.24, 2.45) is 0 Å². The summed E-state index contributed by atoms with van der Waals surface area (Å²) in [7, 11) is 0. The summed E-state index contributed by atoms with van der Waals surface area (Å²) in [5.74, 6) is -0.280. The van der Waals surface area contributed by atoms with Crippen molar-refractivity contribution in [2.75, 3.05) is 6.61 Å². The van der Waals surface area contributed by atoms with Crippen LogP contribution in [-0.4, -0.2) is 24.8 Å². The first-order valence-corrected chi connectivity index (χ1v) is 8.42. The van der Waals surface area contributed by atoms with Crippen molar-refractivity contribution in [1.29, 1.82) is 0 Å². The molecule has 124 valence electrons. The first-order chi connectivity index (χ1) is 11.8. The Hall–Kier alpha value is -2.39. The number of carbonyl (C=O) groups is 1. The van der Waals surface area contributed by atoms with E-state index in [1.807, 2.05) is 55.5 Å². The van der Waals surface area contributed by atoms with Crippen molar-refractivity contribution >= 4 is 11.5 Å². The molecule has 0 bridgehead atoms. The summed E-state index contributed by atoms with van der Waals surface area (Å²) < 4.78 is 11.6. The summed E-state index contributed by atoms with van der Waals surface area (Å²) in [6, 6.07) is 19.2. The molecule has 0 fully saturated rings. The highest BCUT2D eigenvalue weighted by Gasteiger charge is 2.27. The molecular formula is C21H22O3. The van der Waals surface area contributed by atoms with Crippen LogP contribution in [0.5, 0.6) is 0 Å². The molecular weight excluding hydrogens is 300 g/mol. The van der Waals surface area contributed by atoms with E-state index in [2.05, 4.69) is 6.08 Å². The summed E-state index contributed by atoms with van der Waals surface area (Å²) >= 11 is 0. The van der Waals surface area contributed by atoms with Gasteiger partial charge in [0.1, 0.15) is 6.10 Å². The lowest BCUT2D eigenvalue weighted by Gasteiger charge is -2.29. The van der Waals surface area contributed by atoms with Gasteiger partial charge in [0.25, 0.3) is 0 Å². The molecule has 0 aliphatic heterocycles. The van der Waals surface area contributed by atoms with Gasteiger partial charge < -0.3 is 9.47 Å². The zero-order chi connectivity index (χ0) is 16.8. The second kappa shape index (κ2) is 7.93. The van der Waals surface area contributed by atoms with E-state index in [0.29, 0.717) is 12.2 Å². The minimum atomic E-state index is -0.280. The SMILES string of the molecule is CCO[C@H]1C=C(c2ccccc2)[C@H](OC(=O)c2ccccc2)CC1. The molecule has 0 radical (unpaired) electrons. The standard InChI is InChI=1S/C21H22O3/c1-2-23-18-13-14-20(19(15-18)16-9-5-3-6-10-16)24-21(22)17-11-7-4-8-12-17/h3-12,15,18,20H,2,13-14H2,1H3/t18-,20-/m1/s1.